The Hall–Kier alpha value is -3.00. The van der Waals surface area contributed by atoms with Crippen molar-refractivity contribution >= 4 is 12.0 Å². The smallest absolute Gasteiger partial charge is 0.269 e. The van der Waals surface area contributed by atoms with Crippen molar-refractivity contribution in [1.29, 1.82) is 0 Å². The van der Waals surface area contributed by atoms with Gasteiger partial charge in [-0.15, -0.1) is 0 Å². The Labute approximate surface area is 144 Å². The number of carbonyl (C=O) groups is 2. The van der Waals surface area contributed by atoms with Gasteiger partial charge in [-0.25, -0.2) is 5.84 Å². The summed E-state index contributed by atoms with van der Waals surface area (Å²) in [5.74, 6) is 4.75. The molecule has 1 aliphatic rings. The Bertz CT molecular complexity index is 814. The second-order valence-electron chi connectivity index (χ2n) is 6.76. The average molecular weight is 340 g/mol. The molecular formula is C17H18N5O3-. The van der Waals surface area contributed by atoms with Gasteiger partial charge >= 0.3 is 0 Å². The summed E-state index contributed by atoms with van der Waals surface area (Å²) in [7, 11) is 0. The van der Waals surface area contributed by atoms with E-state index >= 15 is 0 Å². The number of aromatic nitrogens is 2. The fraction of sp³-hybridized carbons (Fsp3) is 0.294. The van der Waals surface area contributed by atoms with Gasteiger partial charge < -0.3 is 14.8 Å². The molecule has 0 unspecified atom stereocenters. The molecule has 0 radical (unpaired) electrons. The van der Waals surface area contributed by atoms with Crippen molar-refractivity contribution in [2.24, 2.45) is 5.84 Å². The minimum absolute atomic E-state index is 0.394. The summed E-state index contributed by atoms with van der Waals surface area (Å²) in [6.45, 7) is 5.04. The topological polar surface area (TPSA) is 124 Å². The van der Waals surface area contributed by atoms with Crippen LogP contribution in [0, 0.1) is 0 Å². The van der Waals surface area contributed by atoms with Crippen molar-refractivity contribution in [2.45, 2.75) is 31.8 Å². The highest BCUT2D eigenvalue weighted by Crippen LogP contribution is 2.50. The monoisotopic (exact) mass is 340 g/mol. The van der Waals surface area contributed by atoms with Gasteiger partial charge in [0.15, 0.2) is 5.54 Å². The highest BCUT2D eigenvalue weighted by Gasteiger charge is 2.57. The molecule has 1 aliphatic carbocycles. The van der Waals surface area contributed by atoms with Crippen LogP contribution >= 0.6 is 0 Å². The Kier molecular flexibility index (Phi) is 3.72. The Morgan fingerprint density at radius 3 is 1.96 bits per heavy atom. The Morgan fingerprint density at radius 1 is 1.12 bits per heavy atom. The second kappa shape index (κ2) is 5.52. The number of hydrogen-bond acceptors (Lipinski definition) is 6. The summed E-state index contributed by atoms with van der Waals surface area (Å²) in [6, 6.07) is 6.58. The summed E-state index contributed by atoms with van der Waals surface area (Å²) >= 11 is 0. The van der Waals surface area contributed by atoms with Crippen LogP contribution in [0.4, 0.5) is 4.79 Å². The van der Waals surface area contributed by atoms with Crippen molar-refractivity contribution in [3.63, 3.8) is 0 Å². The number of carbonyl (C=O) groups excluding carboxylic acids is 2. The van der Waals surface area contributed by atoms with Gasteiger partial charge in [0.1, 0.15) is 6.09 Å². The van der Waals surface area contributed by atoms with Gasteiger partial charge in [0.25, 0.3) is 5.91 Å². The third-order valence-corrected chi connectivity index (χ3v) is 4.27. The summed E-state index contributed by atoms with van der Waals surface area (Å²) in [6.07, 6.45) is 1.63. The average Bonchev–Trinajstić information content (AvgIpc) is 2.85. The highest BCUT2D eigenvalue weighted by molar-refractivity contribution is 6.00. The minimum atomic E-state index is -1.74. The maximum atomic E-state index is 13.0. The zero-order valence-electron chi connectivity index (χ0n) is 14.1. The first-order valence-electron chi connectivity index (χ1n) is 7.70. The first-order chi connectivity index (χ1) is 11.8. The van der Waals surface area contributed by atoms with Crippen molar-refractivity contribution in [3.05, 3.63) is 47.8 Å². The summed E-state index contributed by atoms with van der Waals surface area (Å²) in [4.78, 5) is 34.8. The lowest BCUT2D eigenvalue weighted by molar-refractivity contribution is -0.276. The maximum Gasteiger partial charge on any atom is 0.269 e. The molecular weight excluding hydrogens is 322 g/mol. The van der Waals surface area contributed by atoms with E-state index in [1.54, 1.807) is 57.4 Å². The number of nitrogens with two attached hydrogens (primary N) is 1. The van der Waals surface area contributed by atoms with E-state index in [2.05, 4.69) is 15.4 Å². The van der Waals surface area contributed by atoms with Crippen molar-refractivity contribution in [3.8, 4) is 11.4 Å². The molecule has 8 heteroatoms. The normalized spacial score (nSPS) is 14.4. The summed E-state index contributed by atoms with van der Waals surface area (Å²) < 4.78 is 0. The first kappa shape index (κ1) is 16.8. The molecule has 2 aromatic rings. The summed E-state index contributed by atoms with van der Waals surface area (Å²) in [5.41, 5.74) is 1.08. The Balaban J connectivity index is 2.49. The van der Waals surface area contributed by atoms with E-state index in [4.69, 9.17) is 5.84 Å². The van der Waals surface area contributed by atoms with Crippen LogP contribution in [0.1, 0.15) is 31.9 Å². The molecule has 3 N–H and O–H groups in total. The lowest BCUT2D eigenvalue weighted by Gasteiger charge is -2.49. The van der Waals surface area contributed by atoms with E-state index < -0.39 is 23.1 Å². The zero-order chi connectivity index (χ0) is 18.4. The van der Waals surface area contributed by atoms with E-state index in [-0.39, 0.29) is 0 Å². The fourth-order valence-corrected chi connectivity index (χ4v) is 3.52. The van der Waals surface area contributed by atoms with Gasteiger partial charge in [0, 0.05) is 29.1 Å². The number of carboxylic acid groups (broad SMARTS) is 1. The lowest BCUT2D eigenvalue weighted by Crippen LogP contribution is -2.67. The van der Waals surface area contributed by atoms with Crippen LogP contribution in [-0.4, -0.2) is 32.4 Å². The van der Waals surface area contributed by atoms with Gasteiger partial charge in [-0.05, 0) is 32.9 Å². The van der Waals surface area contributed by atoms with E-state index in [1.807, 2.05) is 0 Å². The number of hydrazine groups is 1. The van der Waals surface area contributed by atoms with Gasteiger partial charge in [-0.3, -0.25) is 20.2 Å². The van der Waals surface area contributed by atoms with Crippen LogP contribution in [0.15, 0.2) is 36.7 Å². The molecule has 8 nitrogen and oxygen atoms in total. The van der Waals surface area contributed by atoms with Gasteiger partial charge in [0.2, 0.25) is 0 Å². The third kappa shape index (κ3) is 2.18. The highest BCUT2D eigenvalue weighted by atomic mass is 16.4. The molecule has 0 atom stereocenters. The fourth-order valence-electron chi connectivity index (χ4n) is 3.52. The molecule has 130 valence electrons. The lowest BCUT2D eigenvalue weighted by atomic mass is 9.82. The standard InChI is InChI=1S/C17H19N5O3/c1-16(2,3)22(15(24)25)17(14(23)21-18)10-6-4-8-19-12(10)13-11(17)7-5-9-20-13/h4-9H,18H2,1-3H3,(H,21,23)(H,24,25)/p-1. The van der Waals surface area contributed by atoms with Gasteiger partial charge in [-0.2, -0.15) is 0 Å². The maximum absolute atomic E-state index is 13.0. The minimum Gasteiger partial charge on any atom is -0.530 e. The molecule has 0 aliphatic heterocycles. The molecule has 3 rings (SSSR count). The molecule has 2 amide bonds. The van der Waals surface area contributed by atoms with Crippen molar-refractivity contribution in [2.75, 3.05) is 0 Å². The number of nitrogens with one attached hydrogen (secondary N) is 1. The second-order valence-corrected chi connectivity index (χ2v) is 6.76. The SMILES string of the molecule is CC(C)(C)N(C(=O)[O-])C1(C(=O)NN)c2cccnc2-c2ncccc21. The predicted molar refractivity (Wildman–Crippen MR) is 87.6 cm³/mol. The van der Waals surface area contributed by atoms with Crippen molar-refractivity contribution in [1.82, 2.24) is 20.3 Å². The molecule has 0 aromatic carbocycles. The number of nitrogens with zero attached hydrogens (tertiary/aromatic N) is 3. The van der Waals surface area contributed by atoms with Crippen LogP contribution in [0.3, 0.4) is 0 Å². The van der Waals surface area contributed by atoms with Gasteiger partial charge in [0.05, 0.1) is 11.4 Å². The Morgan fingerprint density at radius 2 is 1.60 bits per heavy atom. The number of amides is 2. The quantitative estimate of drug-likeness (QED) is 0.455. The largest absolute Gasteiger partial charge is 0.530 e. The molecule has 0 bridgehead atoms. The third-order valence-electron chi connectivity index (χ3n) is 4.27. The molecule has 2 aromatic heterocycles. The molecule has 0 saturated heterocycles. The van der Waals surface area contributed by atoms with Crippen LogP contribution in [-0.2, 0) is 10.3 Å². The number of rotatable bonds is 2. The molecule has 2 heterocycles. The number of hydrogen-bond donors (Lipinski definition) is 2. The first-order valence-corrected chi connectivity index (χ1v) is 7.70. The number of fused-ring (bicyclic) bond motifs is 3. The molecule has 0 saturated carbocycles. The van der Waals surface area contributed by atoms with E-state index in [1.165, 1.54) is 0 Å². The zero-order valence-corrected chi connectivity index (χ0v) is 14.1. The van der Waals surface area contributed by atoms with Crippen LogP contribution in [0.25, 0.3) is 11.4 Å². The molecule has 25 heavy (non-hydrogen) atoms. The summed E-state index contributed by atoms with van der Waals surface area (Å²) in [5, 5.41) is 12.1. The van der Waals surface area contributed by atoms with E-state index in [9.17, 15) is 14.7 Å². The van der Waals surface area contributed by atoms with Crippen LogP contribution < -0.4 is 16.4 Å². The molecule has 0 fully saturated rings. The van der Waals surface area contributed by atoms with Crippen LogP contribution in [0.2, 0.25) is 0 Å². The predicted octanol–water partition coefficient (Wildman–Crippen LogP) is 0.134. The number of pyridine rings is 2. The molecule has 0 spiro atoms. The van der Waals surface area contributed by atoms with Crippen molar-refractivity contribution < 1.29 is 14.7 Å². The van der Waals surface area contributed by atoms with Crippen LogP contribution in [0.5, 0.6) is 0 Å². The van der Waals surface area contributed by atoms with Gasteiger partial charge in [-0.1, -0.05) is 12.1 Å². The van der Waals surface area contributed by atoms with E-state index in [0.29, 0.717) is 22.5 Å². The van der Waals surface area contributed by atoms with E-state index in [0.717, 1.165) is 4.90 Å².